The molecule has 0 atom stereocenters. The number of nitrogens with zero attached hydrogens (tertiary/aromatic N) is 1. The normalized spacial score (nSPS) is 15.8. The number of hydrogen-bond acceptors (Lipinski definition) is 3. The van der Waals surface area contributed by atoms with Gasteiger partial charge in [-0.2, -0.15) is 0 Å². The van der Waals surface area contributed by atoms with E-state index >= 15 is 0 Å². The lowest BCUT2D eigenvalue weighted by Gasteiger charge is -2.13. The van der Waals surface area contributed by atoms with E-state index in [1.807, 2.05) is 0 Å². The molecule has 3 N–H and O–H groups in total. The number of hydrogen-bond donors (Lipinski definition) is 2. The van der Waals surface area contributed by atoms with Crippen LogP contribution < -0.4 is 16.5 Å². The van der Waals surface area contributed by atoms with Crippen LogP contribution in [0.1, 0.15) is 25.7 Å². The van der Waals surface area contributed by atoms with Crippen LogP contribution >= 0.6 is 15.9 Å². The summed E-state index contributed by atoms with van der Waals surface area (Å²) in [5, 5.41) is 2.99. The Hall–Kier alpha value is -1.30. The van der Waals surface area contributed by atoms with Crippen LogP contribution in [-0.2, 0) is 11.3 Å². The lowest BCUT2D eigenvalue weighted by Crippen LogP contribution is -2.35. The minimum atomic E-state index is -0.248. The molecule has 1 aromatic heterocycles. The molecule has 0 spiro atoms. The number of aromatic nitrogens is 1. The van der Waals surface area contributed by atoms with E-state index in [4.69, 9.17) is 5.73 Å². The SMILES string of the molecule is Nc1cn(CC(=O)NC2CCCC2)cc(Br)c1=O. The number of nitrogens with two attached hydrogens (primary N) is 1. The fourth-order valence-corrected chi connectivity index (χ4v) is 2.71. The monoisotopic (exact) mass is 313 g/mol. The Morgan fingerprint density at radius 1 is 1.44 bits per heavy atom. The molecule has 0 radical (unpaired) electrons. The van der Waals surface area contributed by atoms with Gasteiger partial charge in [0.15, 0.2) is 0 Å². The highest BCUT2D eigenvalue weighted by molar-refractivity contribution is 9.10. The maximum atomic E-state index is 11.8. The van der Waals surface area contributed by atoms with Crippen LogP contribution in [0.5, 0.6) is 0 Å². The third-order valence-electron chi connectivity index (χ3n) is 3.11. The number of anilines is 1. The first-order valence-corrected chi connectivity index (χ1v) is 6.80. The van der Waals surface area contributed by atoms with Gasteiger partial charge < -0.3 is 15.6 Å². The molecule has 0 unspecified atom stereocenters. The largest absolute Gasteiger partial charge is 0.394 e. The van der Waals surface area contributed by atoms with Crippen molar-refractivity contribution in [3.63, 3.8) is 0 Å². The summed E-state index contributed by atoms with van der Waals surface area (Å²) in [6.45, 7) is 0.180. The standard InChI is InChI=1S/C12H16BrN3O2/c13-9-5-16(6-10(14)12(9)18)7-11(17)15-8-3-1-2-4-8/h5-6,8H,1-4,7,14H2,(H,15,17). The molecular weight excluding hydrogens is 298 g/mol. The van der Waals surface area contributed by atoms with Crippen LogP contribution in [0, 0.1) is 0 Å². The molecule has 1 saturated carbocycles. The average molecular weight is 314 g/mol. The minimum absolute atomic E-state index is 0.0446. The van der Waals surface area contributed by atoms with Crippen molar-refractivity contribution in [3.05, 3.63) is 27.1 Å². The highest BCUT2D eigenvalue weighted by atomic mass is 79.9. The summed E-state index contributed by atoms with van der Waals surface area (Å²) in [4.78, 5) is 23.2. The molecule has 1 aromatic rings. The first-order chi connectivity index (χ1) is 8.56. The summed E-state index contributed by atoms with van der Waals surface area (Å²) in [6.07, 6.45) is 7.54. The number of halogens is 1. The number of carbonyl (C=O) groups excluding carboxylic acids is 1. The summed E-state index contributed by atoms with van der Waals surface area (Å²) in [7, 11) is 0. The lowest BCUT2D eigenvalue weighted by molar-refractivity contribution is -0.122. The quantitative estimate of drug-likeness (QED) is 0.881. The maximum absolute atomic E-state index is 11.8. The van der Waals surface area contributed by atoms with Gasteiger partial charge in [0.25, 0.3) is 0 Å². The van der Waals surface area contributed by atoms with Gasteiger partial charge in [0, 0.05) is 18.4 Å². The molecule has 2 rings (SSSR count). The first kappa shape index (κ1) is 13.1. The molecule has 1 fully saturated rings. The second-order valence-corrected chi connectivity index (χ2v) is 5.47. The molecule has 0 bridgehead atoms. The highest BCUT2D eigenvalue weighted by Gasteiger charge is 2.17. The molecule has 18 heavy (non-hydrogen) atoms. The zero-order valence-electron chi connectivity index (χ0n) is 9.99. The number of nitrogens with one attached hydrogen (secondary N) is 1. The van der Waals surface area contributed by atoms with Gasteiger partial charge in [-0.1, -0.05) is 12.8 Å². The fraction of sp³-hybridized carbons (Fsp3) is 0.500. The lowest BCUT2D eigenvalue weighted by atomic mass is 10.2. The smallest absolute Gasteiger partial charge is 0.240 e. The highest BCUT2D eigenvalue weighted by Crippen LogP contribution is 2.17. The van der Waals surface area contributed by atoms with E-state index < -0.39 is 0 Å². The Bertz CT molecular complexity index is 480. The second-order valence-electron chi connectivity index (χ2n) is 4.61. The number of rotatable bonds is 3. The van der Waals surface area contributed by atoms with Crippen molar-refractivity contribution in [2.45, 2.75) is 38.3 Å². The van der Waals surface area contributed by atoms with Crippen LogP contribution in [0.25, 0.3) is 0 Å². The third kappa shape index (κ3) is 3.13. The van der Waals surface area contributed by atoms with E-state index in [9.17, 15) is 9.59 Å². The molecule has 98 valence electrons. The van der Waals surface area contributed by atoms with Crippen molar-refractivity contribution in [2.75, 3.05) is 5.73 Å². The van der Waals surface area contributed by atoms with Crippen molar-refractivity contribution in [2.24, 2.45) is 0 Å². The molecule has 1 amide bonds. The van der Waals surface area contributed by atoms with Gasteiger partial charge in [0.2, 0.25) is 11.3 Å². The maximum Gasteiger partial charge on any atom is 0.240 e. The fourth-order valence-electron chi connectivity index (χ4n) is 2.22. The summed E-state index contributed by atoms with van der Waals surface area (Å²) >= 11 is 3.13. The van der Waals surface area contributed by atoms with E-state index in [1.54, 1.807) is 10.8 Å². The van der Waals surface area contributed by atoms with E-state index in [2.05, 4.69) is 21.2 Å². The van der Waals surface area contributed by atoms with Crippen LogP contribution in [0.15, 0.2) is 21.7 Å². The predicted molar refractivity (Wildman–Crippen MR) is 73.2 cm³/mol. The van der Waals surface area contributed by atoms with Gasteiger partial charge in [0.05, 0.1) is 10.2 Å². The molecule has 0 aromatic carbocycles. The summed E-state index contributed by atoms with van der Waals surface area (Å²) in [5.74, 6) is -0.0446. The number of nitrogen functional groups attached to an aromatic ring is 1. The van der Waals surface area contributed by atoms with Crippen molar-refractivity contribution in [3.8, 4) is 0 Å². The molecule has 0 saturated heterocycles. The Morgan fingerprint density at radius 3 is 2.72 bits per heavy atom. The van der Waals surface area contributed by atoms with Gasteiger partial charge in [-0.3, -0.25) is 9.59 Å². The van der Waals surface area contributed by atoms with Crippen molar-refractivity contribution in [1.29, 1.82) is 0 Å². The Kier molecular flexibility index (Phi) is 4.06. The van der Waals surface area contributed by atoms with Gasteiger partial charge in [-0.25, -0.2) is 0 Å². The van der Waals surface area contributed by atoms with E-state index in [0.717, 1.165) is 12.8 Å². The minimum Gasteiger partial charge on any atom is -0.394 e. The predicted octanol–water partition coefficient (Wildman–Crippen LogP) is 1.25. The third-order valence-corrected chi connectivity index (χ3v) is 3.67. The Balaban J connectivity index is 2.00. The number of pyridine rings is 1. The molecule has 6 heteroatoms. The van der Waals surface area contributed by atoms with Gasteiger partial charge in [0.1, 0.15) is 6.54 Å². The van der Waals surface area contributed by atoms with Gasteiger partial charge in [-0.15, -0.1) is 0 Å². The first-order valence-electron chi connectivity index (χ1n) is 6.00. The van der Waals surface area contributed by atoms with E-state index in [-0.39, 0.29) is 23.6 Å². The molecule has 5 nitrogen and oxygen atoms in total. The average Bonchev–Trinajstić information content (AvgIpc) is 2.78. The number of amides is 1. The van der Waals surface area contributed by atoms with Crippen molar-refractivity contribution in [1.82, 2.24) is 9.88 Å². The van der Waals surface area contributed by atoms with Gasteiger partial charge >= 0.3 is 0 Å². The van der Waals surface area contributed by atoms with E-state index in [1.165, 1.54) is 19.0 Å². The van der Waals surface area contributed by atoms with Gasteiger partial charge in [-0.05, 0) is 28.8 Å². The molecule has 1 aliphatic carbocycles. The molecule has 1 heterocycles. The Morgan fingerprint density at radius 2 is 2.11 bits per heavy atom. The summed E-state index contributed by atoms with van der Waals surface area (Å²) in [5.41, 5.74) is 5.46. The molecular formula is C12H16BrN3O2. The Labute approximate surface area is 113 Å². The van der Waals surface area contributed by atoms with E-state index in [0.29, 0.717) is 10.5 Å². The van der Waals surface area contributed by atoms with Crippen LogP contribution in [0.3, 0.4) is 0 Å². The zero-order valence-corrected chi connectivity index (χ0v) is 11.6. The number of carbonyl (C=O) groups is 1. The van der Waals surface area contributed by atoms with Crippen LogP contribution in [0.4, 0.5) is 5.69 Å². The molecule has 1 aliphatic rings. The topological polar surface area (TPSA) is 77.1 Å². The van der Waals surface area contributed by atoms with Crippen LogP contribution in [0.2, 0.25) is 0 Å². The second kappa shape index (κ2) is 5.56. The summed E-state index contributed by atoms with van der Waals surface area (Å²) in [6, 6.07) is 0.303. The zero-order chi connectivity index (χ0) is 13.1. The summed E-state index contributed by atoms with van der Waals surface area (Å²) < 4.78 is 1.99. The van der Waals surface area contributed by atoms with Crippen molar-refractivity contribution >= 4 is 27.5 Å². The molecule has 0 aliphatic heterocycles. The van der Waals surface area contributed by atoms with Crippen LogP contribution in [-0.4, -0.2) is 16.5 Å². The van der Waals surface area contributed by atoms with Crippen molar-refractivity contribution < 1.29 is 4.79 Å².